The highest BCUT2D eigenvalue weighted by molar-refractivity contribution is 7.18. The Morgan fingerprint density at radius 2 is 2.26 bits per heavy atom. The highest BCUT2D eigenvalue weighted by Crippen LogP contribution is 2.34. The zero-order valence-corrected chi connectivity index (χ0v) is 16.5. The molecule has 2 N–H and O–H groups in total. The molecule has 27 heavy (non-hydrogen) atoms. The average Bonchev–Trinajstić information content (AvgIpc) is 3.20. The first-order valence-electron chi connectivity index (χ1n) is 9.09. The summed E-state index contributed by atoms with van der Waals surface area (Å²) in [5, 5.41) is 4.35. The number of nitrogens with one attached hydrogen (secondary N) is 2. The summed E-state index contributed by atoms with van der Waals surface area (Å²) >= 11 is 7.62. The Balaban J connectivity index is 1.42. The Hall–Kier alpha value is -2.18. The number of rotatable bonds is 5. The molecule has 2 aromatic heterocycles. The van der Waals surface area contributed by atoms with Crippen molar-refractivity contribution in [1.82, 2.24) is 15.3 Å². The van der Waals surface area contributed by atoms with Crippen molar-refractivity contribution in [3.8, 4) is 0 Å². The Labute approximate surface area is 165 Å². The molecule has 0 aliphatic heterocycles. The number of halogens is 1. The molecule has 1 atom stereocenters. The van der Waals surface area contributed by atoms with Gasteiger partial charge in [0.2, 0.25) is 5.91 Å². The molecule has 0 spiro atoms. The minimum absolute atomic E-state index is 0.0814. The van der Waals surface area contributed by atoms with Gasteiger partial charge >= 0.3 is 0 Å². The van der Waals surface area contributed by atoms with E-state index in [0.717, 1.165) is 35.0 Å². The van der Waals surface area contributed by atoms with Gasteiger partial charge in [0.25, 0.3) is 5.56 Å². The third-order valence-electron chi connectivity index (χ3n) is 4.94. The van der Waals surface area contributed by atoms with Crippen molar-refractivity contribution in [2.24, 2.45) is 0 Å². The highest BCUT2D eigenvalue weighted by atomic mass is 35.5. The topological polar surface area (TPSA) is 74.8 Å². The molecule has 2 heterocycles. The lowest BCUT2D eigenvalue weighted by molar-refractivity contribution is -0.121. The standard InChI is InChI=1S/C20H20ClN3O2S/c1-11(12-4-2-5-13(21)10-12)22-17(25)9-8-16-23-19(26)18-14-6-3-7-15(14)27-20(18)24-16/h2,4-5,10-11H,3,6-9H2,1H3,(H,22,25)(H,23,24,26)/t11-/m1/s1. The largest absolute Gasteiger partial charge is 0.350 e. The number of hydrogen-bond acceptors (Lipinski definition) is 4. The molecule has 1 aliphatic rings. The van der Waals surface area contributed by atoms with Gasteiger partial charge in [0.1, 0.15) is 10.7 Å². The average molecular weight is 402 g/mol. The van der Waals surface area contributed by atoms with E-state index in [-0.39, 0.29) is 23.9 Å². The number of aryl methyl sites for hydroxylation is 3. The van der Waals surface area contributed by atoms with Crippen LogP contribution in [0.15, 0.2) is 29.1 Å². The number of hydrogen-bond donors (Lipinski definition) is 2. The second-order valence-electron chi connectivity index (χ2n) is 6.89. The molecule has 1 aromatic carbocycles. The number of amides is 1. The van der Waals surface area contributed by atoms with Crippen LogP contribution < -0.4 is 10.9 Å². The quantitative estimate of drug-likeness (QED) is 0.680. The third kappa shape index (κ3) is 3.77. The lowest BCUT2D eigenvalue weighted by Gasteiger charge is -2.14. The number of nitrogens with zero attached hydrogens (tertiary/aromatic N) is 1. The molecule has 0 bridgehead atoms. The van der Waals surface area contributed by atoms with E-state index in [9.17, 15) is 9.59 Å². The van der Waals surface area contributed by atoms with E-state index in [1.807, 2.05) is 25.1 Å². The molecule has 1 amide bonds. The van der Waals surface area contributed by atoms with E-state index >= 15 is 0 Å². The number of benzene rings is 1. The predicted octanol–water partition coefficient (Wildman–Crippen LogP) is 3.94. The molecule has 7 heteroatoms. The Bertz CT molecular complexity index is 1070. The molecule has 0 unspecified atom stereocenters. The van der Waals surface area contributed by atoms with Crippen molar-refractivity contribution in [1.29, 1.82) is 0 Å². The lowest BCUT2D eigenvalue weighted by Crippen LogP contribution is -2.27. The Morgan fingerprint density at radius 1 is 1.41 bits per heavy atom. The summed E-state index contributed by atoms with van der Waals surface area (Å²) in [5.74, 6) is 0.483. The fourth-order valence-electron chi connectivity index (χ4n) is 3.57. The number of aromatic amines is 1. The summed E-state index contributed by atoms with van der Waals surface area (Å²) in [7, 11) is 0. The number of aromatic nitrogens is 2. The van der Waals surface area contributed by atoms with Crippen LogP contribution in [0.1, 0.15) is 47.6 Å². The number of H-pyrrole nitrogens is 1. The summed E-state index contributed by atoms with van der Waals surface area (Å²) in [6.45, 7) is 1.92. The molecule has 4 rings (SSSR count). The minimum Gasteiger partial charge on any atom is -0.350 e. The predicted molar refractivity (Wildman–Crippen MR) is 109 cm³/mol. The van der Waals surface area contributed by atoms with Crippen LogP contribution in [0.2, 0.25) is 5.02 Å². The van der Waals surface area contributed by atoms with Crippen LogP contribution in [0.4, 0.5) is 0 Å². The molecule has 0 radical (unpaired) electrons. The molecule has 140 valence electrons. The minimum atomic E-state index is -0.133. The van der Waals surface area contributed by atoms with Crippen molar-refractivity contribution >= 4 is 39.1 Å². The molecule has 1 aliphatic carbocycles. The van der Waals surface area contributed by atoms with Gasteiger partial charge in [-0.15, -0.1) is 11.3 Å². The fourth-order valence-corrected chi connectivity index (χ4v) is 5.05. The summed E-state index contributed by atoms with van der Waals surface area (Å²) in [6, 6.07) is 7.31. The van der Waals surface area contributed by atoms with Crippen LogP contribution in [0.3, 0.4) is 0 Å². The van der Waals surface area contributed by atoms with Crippen LogP contribution in [0.25, 0.3) is 10.2 Å². The lowest BCUT2D eigenvalue weighted by atomic mass is 10.1. The number of fused-ring (bicyclic) bond motifs is 3. The highest BCUT2D eigenvalue weighted by Gasteiger charge is 2.21. The van der Waals surface area contributed by atoms with Crippen molar-refractivity contribution < 1.29 is 4.79 Å². The van der Waals surface area contributed by atoms with Crippen molar-refractivity contribution in [3.63, 3.8) is 0 Å². The molecular weight excluding hydrogens is 382 g/mol. The van der Waals surface area contributed by atoms with E-state index in [4.69, 9.17) is 11.6 Å². The maximum Gasteiger partial charge on any atom is 0.259 e. The van der Waals surface area contributed by atoms with E-state index in [1.165, 1.54) is 10.4 Å². The Morgan fingerprint density at radius 3 is 3.07 bits per heavy atom. The first kappa shape index (κ1) is 18.2. The maximum atomic E-state index is 12.5. The van der Waals surface area contributed by atoms with Crippen LogP contribution in [0.5, 0.6) is 0 Å². The van der Waals surface area contributed by atoms with Crippen molar-refractivity contribution in [2.75, 3.05) is 0 Å². The van der Waals surface area contributed by atoms with Gasteiger partial charge in [-0.1, -0.05) is 23.7 Å². The van der Waals surface area contributed by atoms with E-state index in [2.05, 4.69) is 15.3 Å². The van der Waals surface area contributed by atoms with E-state index in [1.54, 1.807) is 17.4 Å². The normalized spacial score (nSPS) is 14.3. The molecule has 0 saturated carbocycles. The molecule has 3 aromatic rings. The van der Waals surface area contributed by atoms with Gasteiger partial charge in [-0.05, 0) is 49.4 Å². The van der Waals surface area contributed by atoms with Crippen molar-refractivity contribution in [2.45, 2.75) is 45.1 Å². The van der Waals surface area contributed by atoms with E-state index in [0.29, 0.717) is 17.3 Å². The Kier molecular flexibility index (Phi) is 5.02. The van der Waals surface area contributed by atoms with Gasteiger partial charge in [0.05, 0.1) is 11.4 Å². The van der Waals surface area contributed by atoms with Gasteiger partial charge in [0, 0.05) is 22.7 Å². The zero-order chi connectivity index (χ0) is 19.0. The molecular formula is C20H20ClN3O2S. The fraction of sp³-hybridized carbons (Fsp3) is 0.350. The van der Waals surface area contributed by atoms with Gasteiger partial charge in [-0.2, -0.15) is 0 Å². The second-order valence-corrected chi connectivity index (χ2v) is 8.41. The maximum absolute atomic E-state index is 12.5. The zero-order valence-electron chi connectivity index (χ0n) is 15.0. The van der Waals surface area contributed by atoms with E-state index < -0.39 is 0 Å². The summed E-state index contributed by atoms with van der Waals surface area (Å²) in [6.07, 6.45) is 3.79. The summed E-state index contributed by atoms with van der Waals surface area (Å²) in [5.41, 5.74) is 2.04. The van der Waals surface area contributed by atoms with Gasteiger partial charge in [-0.3, -0.25) is 9.59 Å². The van der Waals surface area contributed by atoms with Crippen molar-refractivity contribution in [3.05, 3.63) is 61.5 Å². The van der Waals surface area contributed by atoms with Gasteiger partial charge < -0.3 is 10.3 Å². The molecule has 5 nitrogen and oxygen atoms in total. The summed E-state index contributed by atoms with van der Waals surface area (Å²) < 4.78 is 0. The number of carbonyl (C=O) groups is 1. The van der Waals surface area contributed by atoms with Crippen LogP contribution in [-0.2, 0) is 24.1 Å². The second kappa shape index (κ2) is 7.44. The van der Waals surface area contributed by atoms with Gasteiger partial charge in [-0.25, -0.2) is 4.98 Å². The molecule has 0 fully saturated rings. The first-order chi connectivity index (χ1) is 13.0. The smallest absolute Gasteiger partial charge is 0.259 e. The van der Waals surface area contributed by atoms with Crippen LogP contribution >= 0.6 is 22.9 Å². The SMILES string of the molecule is C[C@@H](NC(=O)CCc1nc2sc3c(c2c(=O)[nH]1)CCC3)c1cccc(Cl)c1. The molecule has 0 saturated heterocycles. The van der Waals surface area contributed by atoms with Crippen LogP contribution in [-0.4, -0.2) is 15.9 Å². The van der Waals surface area contributed by atoms with Gasteiger partial charge in [0.15, 0.2) is 0 Å². The number of carbonyl (C=O) groups excluding carboxylic acids is 1. The third-order valence-corrected chi connectivity index (χ3v) is 6.36. The van der Waals surface area contributed by atoms with Crippen LogP contribution in [0, 0.1) is 0 Å². The summed E-state index contributed by atoms with van der Waals surface area (Å²) in [4.78, 5) is 34.3. The first-order valence-corrected chi connectivity index (χ1v) is 10.3. The monoisotopic (exact) mass is 401 g/mol. The number of thiophene rings is 1.